The number of hydrogen-bond acceptors (Lipinski definition) is 5. The van der Waals surface area contributed by atoms with Gasteiger partial charge >= 0.3 is 0 Å². The number of nitro groups is 1. The molecule has 0 spiro atoms. The van der Waals surface area contributed by atoms with Crippen molar-refractivity contribution in [3.8, 4) is 0 Å². The Labute approximate surface area is 118 Å². The number of non-ortho nitro benzene ring substituents is 1. The van der Waals surface area contributed by atoms with Gasteiger partial charge in [-0.1, -0.05) is 0 Å². The fourth-order valence-electron chi connectivity index (χ4n) is 1.95. The number of rotatable bonds is 4. The highest BCUT2D eigenvalue weighted by Crippen LogP contribution is 2.21. The Kier molecular flexibility index (Phi) is 3.11. The van der Waals surface area contributed by atoms with Crippen LogP contribution in [0.1, 0.15) is 9.75 Å². The zero-order valence-corrected chi connectivity index (χ0v) is 11.5. The number of aryl methyl sites for hydroxylation is 1. The standard InChI is InChI=1S/C13H12N4O2S/c1-8-2-4-10(20-8)7-14-13-15-11-5-3-9(17(18)19)6-12(11)16-13/h2-6H,7H2,1H3,(H2,14,15,16). The van der Waals surface area contributed by atoms with Crippen molar-refractivity contribution in [1.82, 2.24) is 9.97 Å². The molecular formula is C13H12N4O2S. The monoisotopic (exact) mass is 288 g/mol. The molecule has 0 atom stereocenters. The summed E-state index contributed by atoms with van der Waals surface area (Å²) in [5.41, 5.74) is 1.42. The van der Waals surface area contributed by atoms with Crippen molar-refractivity contribution in [3.05, 3.63) is 50.2 Å². The molecule has 3 aromatic rings. The first kappa shape index (κ1) is 12.6. The first-order chi connectivity index (χ1) is 9.61. The lowest BCUT2D eigenvalue weighted by Gasteiger charge is -1.98. The average Bonchev–Trinajstić information content (AvgIpc) is 3.00. The minimum absolute atomic E-state index is 0.0570. The molecule has 1 aromatic carbocycles. The number of fused-ring (bicyclic) bond motifs is 1. The minimum Gasteiger partial charge on any atom is -0.351 e. The second kappa shape index (κ2) is 4.93. The van der Waals surface area contributed by atoms with Gasteiger partial charge in [0.15, 0.2) is 0 Å². The topological polar surface area (TPSA) is 83.8 Å². The summed E-state index contributed by atoms with van der Waals surface area (Å²) in [5, 5.41) is 13.9. The molecule has 2 heterocycles. The molecule has 7 heteroatoms. The second-order valence-electron chi connectivity index (χ2n) is 4.41. The molecule has 3 rings (SSSR count). The van der Waals surface area contributed by atoms with E-state index in [1.165, 1.54) is 21.9 Å². The Morgan fingerprint density at radius 2 is 2.25 bits per heavy atom. The summed E-state index contributed by atoms with van der Waals surface area (Å²) < 4.78 is 0. The van der Waals surface area contributed by atoms with E-state index in [2.05, 4.69) is 34.3 Å². The van der Waals surface area contributed by atoms with Gasteiger partial charge in [0.1, 0.15) is 0 Å². The summed E-state index contributed by atoms with van der Waals surface area (Å²) >= 11 is 1.73. The third-order valence-corrected chi connectivity index (χ3v) is 3.90. The molecule has 0 radical (unpaired) electrons. The van der Waals surface area contributed by atoms with Crippen LogP contribution in [0.25, 0.3) is 11.0 Å². The van der Waals surface area contributed by atoms with Crippen molar-refractivity contribution in [3.63, 3.8) is 0 Å². The van der Waals surface area contributed by atoms with E-state index in [0.717, 1.165) is 0 Å². The van der Waals surface area contributed by atoms with E-state index in [-0.39, 0.29) is 5.69 Å². The Morgan fingerprint density at radius 1 is 1.40 bits per heavy atom. The summed E-state index contributed by atoms with van der Waals surface area (Å²) in [6.45, 7) is 2.74. The molecule has 0 bridgehead atoms. The smallest absolute Gasteiger partial charge is 0.271 e. The van der Waals surface area contributed by atoms with Crippen LogP contribution in [0.2, 0.25) is 0 Å². The van der Waals surface area contributed by atoms with Gasteiger partial charge in [-0.2, -0.15) is 0 Å². The highest BCUT2D eigenvalue weighted by molar-refractivity contribution is 7.11. The number of nitrogens with one attached hydrogen (secondary N) is 2. The van der Waals surface area contributed by atoms with E-state index >= 15 is 0 Å². The van der Waals surface area contributed by atoms with Gasteiger partial charge in [0, 0.05) is 21.9 Å². The molecule has 0 fully saturated rings. The Balaban J connectivity index is 1.80. The van der Waals surface area contributed by atoms with Crippen LogP contribution in [0, 0.1) is 17.0 Å². The van der Waals surface area contributed by atoms with Gasteiger partial charge in [-0.3, -0.25) is 10.1 Å². The SMILES string of the molecule is Cc1ccc(CNc2nc3ccc([N+](=O)[O-])cc3[nH]2)s1. The predicted octanol–water partition coefficient (Wildman–Crippen LogP) is 3.45. The molecule has 0 aliphatic heterocycles. The van der Waals surface area contributed by atoms with Crippen molar-refractivity contribution in [2.24, 2.45) is 0 Å². The van der Waals surface area contributed by atoms with E-state index in [9.17, 15) is 10.1 Å². The van der Waals surface area contributed by atoms with Crippen LogP contribution in [-0.4, -0.2) is 14.9 Å². The van der Waals surface area contributed by atoms with Crippen LogP contribution in [-0.2, 0) is 6.54 Å². The highest BCUT2D eigenvalue weighted by atomic mass is 32.1. The average molecular weight is 288 g/mol. The number of benzene rings is 1. The Morgan fingerprint density at radius 3 is 2.95 bits per heavy atom. The molecule has 0 unspecified atom stereocenters. The number of nitrogens with zero attached hydrogens (tertiary/aromatic N) is 2. The third kappa shape index (κ3) is 2.48. The van der Waals surface area contributed by atoms with Crippen LogP contribution in [0.3, 0.4) is 0 Å². The molecule has 2 N–H and O–H groups in total. The van der Waals surface area contributed by atoms with E-state index in [1.807, 2.05) is 0 Å². The van der Waals surface area contributed by atoms with Crippen LogP contribution in [0.4, 0.5) is 11.6 Å². The van der Waals surface area contributed by atoms with Gasteiger partial charge in [0.25, 0.3) is 5.69 Å². The molecule has 0 saturated heterocycles. The molecule has 0 saturated carbocycles. The number of H-pyrrole nitrogens is 1. The number of nitro benzene ring substituents is 1. The van der Waals surface area contributed by atoms with Crippen LogP contribution < -0.4 is 5.32 Å². The minimum atomic E-state index is -0.415. The van der Waals surface area contributed by atoms with Crippen molar-refractivity contribution in [1.29, 1.82) is 0 Å². The van der Waals surface area contributed by atoms with Crippen molar-refractivity contribution in [2.45, 2.75) is 13.5 Å². The van der Waals surface area contributed by atoms with E-state index in [4.69, 9.17) is 0 Å². The number of thiophene rings is 1. The first-order valence-electron chi connectivity index (χ1n) is 6.05. The van der Waals surface area contributed by atoms with Gasteiger partial charge in [-0.25, -0.2) is 4.98 Å². The fourth-order valence-corrected chi connectivity index (χ4v) is 2.78. The molecule has 0 aliphatic rings. The summed E-state index contributed by atoms with van der Waals surface area (Å²) in [7, 11) is 0. The first-order valence-corrected chi connectivity index (χ1v) is 6.87. The number of anilines is 1. The molecular weight excluding hydrogens is 276 g/mol. The summed E-state index contributed by atoms with van der Waals surface area (Å²) in [5.74, 6) is 0.617. The van der Waals surface area contributed by atoms with E-state index < -0.39 is 4.92 Å². The Hall–Kier alpha value is -2.41. The lowest BCUT2D eigenvalue weighted by Crippen LogP contribution is -1.98. The molecule has 102 valence electrons. The highest BCUT2D eigenvalue weighted by Gasteiger charge is 2.09. The van der Waals surface area contributed by atoms with Crippen LogP contribution in [0.15, 0.2) is 30.3 Å². The van der Waals surface area contributed by atoms with Gasteiger partial charge in [-0.15, -0.1) is 11.3 Å². The largest absolute Gasteiger partial charge is 0.351 e. The normalized spacial score (nSPS) is 10.8. The van der Waals surface area contributed by atoms with Crippen molar-refractivity contribution >= 4 is 34.0 Å². The number of imidazole rings is 1. The quantitative estimate of drug-likeness (QED) is 0.569. The maximum atomic E-state index is 10.7. The lowest BCUT2D eigenvalue weighted by atomic mass is 10.3. The molecule has 20 heavy (non-hydrogen) atoms. The van der Waals surface area contributed by atoms with Crippen molar-refractivity contribution < 1.29 is 4.92 Å². The molecule has 0 amide bonds. The molecule has 2 aromatic heterocycles. The van der Waals surface area contributed by atoms with Gasteiger partial charge in [-0.05, 0) is 25.1 Å². The molecule has 6 nitrogen and oxygen atoms in total. The zero-order valence-electron chi connectivity index (χ0n) is 10.7. The fraction of sp³-hybridized carbons (Fsp3) is 0.154. The van der Waals surface area contributed by atoms with Crippen molar-refractivity contribution in [2.75, 3.05) is 5.32 Å². The lowest BCUT2D eigenvalue weighted by molar-refractivity contribution is -0.384. The van der Waals surface area contributed by atoms with Gasteiger partial charge in [0.2, 0.25) is 5.95 Å². The van der Waals surface area contributed by atoms with E-state index in [1.54, 1.807) is 17.4 Å². The van der Waals surface area contributed by atoms with Gasteiger partial charge in [0.05, 0.1) is 22.5 Å². The number of aromatic amines is 1. The van der Waals surface area contributed by atoms with Gasteiger partial charge < -0.3 is 10.3 Å². The Bertz CT molecular complexity index is 778. The summed E-state index contributed by atoms with van der Waals surface area (Å²) in [4.78, 5) is 20.2. The maximum absolute atomic E-state index is 10.7. The summed E-state index contributed by atoms with van der Waals surface area (Å²) in [6, 6.07) is 8.73. The zero-order chi connectivity index (χ0) is 14.1. The maximum Gasteiger partial charge on any atom is 0.271 e. The number of hydrogen-bond donors (Lipinski definition) is 2. The number of aromatic nitrogens is 2. The van der Waals surface area contributed by atoms with Crippen LogP contribution in [0.5, 0.6) is 0 Å². The molecule has 0 aliphatic carbocycles. The predicted molar refractivity (Wildman–Crippen MR) is 79.1 cm³/mol. The van der Waals surface area contributed by atoms with Crippen LogP contribution >= 0.6 is 11.3 Å². The summed E-state index contributed by atoms with van der Waals surface area (Å²) in [6.07, 6.45) is 0. The third-order valence-electron chi connectivity index (χ3n) is 2.90. The second-order valence-corrected chi connectivity index (χ2v) is 5.78. The van der Waals surface area contributed by atoms with E-state index in [0.29, 0.717) is 23.5 Å².